The summed E-state index contributed by atoms with van der Waals surface area (Å²) < 4.78 is 25.2. The molecule has 0 aliphatic carbocycles. The number of hydrogen-bond donors (Lipinski definition) is 2. The van der Waals surface area contributed by atoms with Gasteiger partial charge in [-0.2, -0.15) is 0 Å². The summed E-state index contributed by atoms with van der Waals surface area (Å²) in [5.41, 5.74) is 2.62. The molecule has 0 fully saturated rings. The van der Waals surface area contributed by atoms with Gasteiger partial charge in [0.15, 0.2) is 0 Å². The molecule has 21 heavy (non-hydrogen) atoms. The van der Waals surface area contributed by atoms with E-state index < -0.39 is 18.9 Å². The summed E-state index contributed by atoms with van der Waals surface area (Å²) in [6.07, 6.45) is -1.94. The van der Waals surface area contributed by atoms with Crippen molar-refractivity contribution in [2.24, 2.45) is 0 Å². The number of anilines is 2. The van der Waals surface area contributed by atoms with E-state index in [1.54, 1.807) is 19.1 Å². The SMILES string of the molecule is Cc1cc2c(cc1NCC(=O)O)CCC(=O)N2CC(F)F. The number of carbonyl (C=O) groups excluding carboxylic acids is 1. The Kier molecular flexibility index (Phi) is 4.40. The lowest BCUT2D eigenvalue weighted by Crippen LogP contribution is -2.38. The van der Waals surface area contributed by atoms with Crippen molar-refractivity contribution in [1.82, 2.24) is 0 Å². The molecule has 0 spiro atoms. The lowest BCUT2D eigenvalue weighted by atomic mass is 9.98. The fraction of sp³-hybridized carbons (Fsp3) is 0.429. The predicted octanol–water partition coefficient (Wildman–Crippen LogP) is 2.04. The molecule has 0 saturated heterocycles. The van der Waals surface area contributed by atoms with Crippen molar-refractivity contribution in [3.05, 3.63) is 23.3 Å². The van der Waals surface area contributed by atoms with Crippen LogP contribution in [0.3, 0.4) is 0 Å². The van der Waals surface area contributed by atoms with Crippen molar-refractivity contribution in [2.75, 3.05) is 23.3 Å². The molecule has 114 valence electrons. The molecule has 7 heteroatoms. The fourth-order valence-corrected chi connectivity index (χ4v) is 2.40. The molecule has 1 aromatic rings. The smallest absolute Gasteiger partial charge is 0.322 e. The summed E-state index contributed by atoms with van der Waals surface area (Å²) >= 11 is 0. The first-order valence-electron chi connectivity index (χ1n) is 6.56. The van der Waals surface area contributed by atoms with E-state index in [-0.39, 0.29) is 18.9 Å². The molecule has 0 bridgehead atoms. The van der Waals surface area contributed by atoms with Gasteiger partial charge in [-0.15, -0.1) is 0 Å². The van der Waals surface area contributed by atoms with Gasteiger partial charge in [-0.25, -0.2) is 8.78 Å². The second kappa shape index (κ2) is 6.07. The number of amides is 1. The number of carboxylic acid groups (broad SMARTS) is 1. The Morgan fingerprint density at radius 3 is 2.76 bits per heavy atom. The Labute approximate surface area is 120 Å². The largest absolute Gasteiger partial charge is 0.480 e. The molecule has 1 amide bonds. The van der Waals surface area contributed by atoms with Crippen molar-refractivity contribution in [1.29, 1.82) is 0 Å². The van der Waals surface area contributed by atoms with Crippen molar-refractivity contribution < 1.29 is 23.5 Å². The summed E-state index contributed by atoms with van der Waals surface area (Å²) in [6.45, 7) is 0.899. The number of hydrogen-bond acceptors (Lipinski definition) is 3. The third kappa shape index (κ3) is 3.48. The summed E-state index contributed by atoms with van der Waals surface area (Å²) in [7, 11) is 0. The van der Waals surface area contributed by atoms with E-state index >= 15 is 0 Å². The van der Waals surface area contributed by atoms with Gasteiger partial charge in [0.1, 0.15) is 6.54 Å². The second-order valence-electron chi connectivity index (χ2n) is 4.94. The maximum Gasteiger partial charge on any atom is 0.322 e. The summed E-state index contributed by atoms with van der Waals surface area (Å²) in [6, 6.07) is 3.39. The van der Waals surface area contributed by atoms with E-state index in [1.165, 1.54) is 0 Å². The van der Waals surface area contributed by atoms with Crippen LogP contribution in [0.1, 0.15) is 17.5 Å². The van der Waals surface area contributed by atoms with Gasteiger partial charge in [0.25, 0.3) is 6.43 Å². The number of benzene rings is 1. The van der Waals surface area contributed by atoms with E-state index in [4.69, 9.17) is 5.11 Å². The predicted molar refractivity (Wildman–Crippen MR) is 74.0 cm³/mol. The maximum absolute atomic E-state index is 12.6. The van der Waals surface area contributed by atoms with Gasteiger partial charge in [-0.05, 0) is 36.6 Å². The Morgan fingerprint density at radius 1 is 1.43 bits per heavy atom. The van der Waals surface area contributed by atoms with Gasteiger partial charge in [-0.3, -0.25) is 9.59 Å². The standard InChI is InChI=1S/C14H16F2N2O3/c1-8-4-11-9(5-10(8)17-6-14(20)21)2-3-13(19)18(11)7-12(15)16/h4-5,12,17H,2-3,6-7H2,1H3,(H,20,21). The van der Waals surface area contributed by atoms with Crippen LogP contribution in [0, 0.1) is 6.92 Å². The molecule has 0 saturated carbocycles. The molecule has 1 aliphatic heterocycles. The highest BCUT2D eigenvalue weighted by molar-refractivity contribution is 5.97. The quantitative estimate of drug-likeness (QED) is 0.872. The number of halogens is 2. The minimum Gasteiger partial charge on any atom is -0.480 e. The van der Waals surface area contributed by atoms with E-state index in [0.717, 1.165) is 10.5 Å². The number of fused-ring (bicyclic) bond motifs is 1. The van der Waals surface area contributed by atoms with Crippen LogP contribution in [0.5, 0.6) is 0 Å². The molecule has 0 unspecified atom stereocenters. The zero-order valence-corrected chi connectivity index (χ0v) is 11.5. The van der Waals surface area contributed by atoms with Crippen LogP contribution in [-0.2, 0) is 16.0 Å². The summed E-state index contributed by atoms with van der Waals surface area (Å²) in [5.74, 6) is -1.30. The number of carboxylic acids is 1. The Morgan fingerprint density at radius 2 is 2.14 bits per heavy atom. The number of aryl methyl sites for hydroxylation is 2. The molecule has 2 rings (SSSR count). The minimum absolute atomic E-state index is 0.182. The lowest BCUT2D eigenvalue weighted by molar-refractivity contribution is -0.135. The average molecular weight is 298 g/mol. The molecule has 0 atom stereocenters. The monoisotopic (exact) mass is 298 g/mol. The van der Waals surface area contributed by atoms with Crippen LogP contribution in [0.2, 0.25) is 0 Å². The van der Waals surface area contributed by atoms with Gasteiger partial charge >= 0.3 is 5.97 Å². The van der Waals surface area contributed by atoms with E-state index in [2.05, 4.69) is 5.32 Å². The highest BCUT2D eigenvalue weighted by Crippen LogP contribution is 2.33. The fourth-order valence-electron chi connectivity index (χ4n) is 2.40. The number of rotatable bonds is 5. The zero-order valence-electron chi connectivity index (χ0n) is 11.5. The third-order valence-electron chi connectivity index (χ3n) is 3.38. The number of nitrogens with zero attached hydrogens (tertiary/aromatic N) is 1. The number of alkyl halides is 2. The molecular formula is C14H16F2N2O3. The normalized spacial score (nSPS) is 14.3. The van der Waals surface area contributed by atoms with E-state index in [1.807, 2.05) is 0 Å². The van der Waals surface area contributed by atoms with Crippen LogP contribution >= 0.6 is 0 Å². The molecular weight excluding hydrogens is 282 g/mol. The van der Waals surface area contributed by atoms with Gasteiger partial charge in [0.2, 0.25) is 5.91 Å². The van der Waals surface area contributed by atoms with Crippen LogP contribution < -0.4 is 10.2 Å². The molecule has 1 heterocycles. The van der Waals surface area contributed by atoms with E-state index in [0.29, 0.717) is 23.4 Å². The lowest BCUT2D eigenvalue weighted by Gasteiger charge is -2.30. The Balaban J connectivity index is 2.32. The van der Waals surface area contributed by atoms with E-state index in [9.17, 15) is 18.4 Å². The topological polar surface area (TPSA) is 69.6 Å². The van der Waals surface area contributed by atoms with Crippen molar-refractivity contribution in [2.45, 2.75) is 26.2 Å². The number of aliphatic carboxylic acids is 1. The second-order valence-corrected chi connectivity index (χ2v) is 4.94. The molecule has 0 aromatic heterocycles. The molecule has 1 aliphatic rings. The van der Waals surface area contributed by atoms with Gasteiger partial charge in [0, 0.05) is 17.8 Å². The molecule has 1 aromatic carbocycles. The van der Waals surface area contributed by atoms with Gasteiger partial charge < -0.3 is 15.3 Å². The summed E-state index contributed by atoms with van der Waals surface area (Å²) in [5, 5.41) is 11.5. The van der Waals surface area contributed by atoms with Crippen LogP contribution in [0.4, 0.5) is 20.2 Å². The Bertz CT molecular complexity index is 576. The van der Waals surface area contributed by atoms with Crippen molar-refractivity contribution in [3.8, 4) is 0 Å². The Hall–Kier alpha value is -2.18. The van der Waals surface area contributed by atoms with Crippen LogP contribution in [-0.4, -0.2) is 36.5 Å². The minimum atomic E-state index is -2.59. The first-order chi connectivity index (χ1) is 9.88. The van der Waals surface area contributed by atoms with Gasteiger partial charge in [-0.1, -0.05) is 0 Å². The summed E-state index contributed by atoms with van der Waals surface area (Å²) in [4.78, 5) is 23.5. The van der Waals surface area contributed by atoms with Crippen LogP contribution in [0.25, 0.3) is 0 Å². The molecule has 2 N–H and O–H groups in total. The highest BCUT2D eigenvalue weighted by atomic mass is 19.3. The maximum atomic E-state index is 12.6. The highest BCUT2D eigenvalue weighted by Gasteiger charge is 2.27. The number of carbonyl (C=O) groups is 2. The first kappa shape index (κ1) is 15.2. The third-order valence-corrected chi connectivity index (χ3v) is 3.38. The molecule has 0 radical (unpaired) electrons. The van der Waals surface area contributed by atoms with Crippen molar-refractivity contribution in [3.63, 3.8) is 0 Å². The molecule has 5 nitrogen and oxygen atoms in total. The first-order valence-corrected chi connectivity index (χ1v) is 6.56. The zero-order chi connectivity index (χ0) is 15.6. The van der Waals surface area contributed by atoms with Gasteiger partial charge in [0.05, 0.1) is 6.54 Å². The number of nitrogens with one attached hydrogen (secondary N) is 1. The van der Waals surface area contributed by atoms with Crippen LogP contribution in [0.15, 0.2) is 12.1 Å². The average Bonchev–Trinajstić information content (AvgIpc) is 2.40. The van der Waals surface area contributed by atoms with Crippen molar-refractivity contribution >= 4 is 23.3 Å².